The second kappa shape index (κ2) is 8.87. The van der Waals surface area contributed by atoms with Gasteiger partial charge in [0.05, 0.1) is 0 Å². The molecule has 0 fully saturated rings. The third-order valence-electron chi connectivity index (χ3n) is 2.93. The average Bonchev–Trinajstić information content (AvgIpc) is 2.57. The van der Waals surface area contributed by atoms with Crippen LogP contribution >= 0.6 is 9.90 Å². The van der Waals surface area contributed by atoms with Crippen molar-refractivity contribution in [3.05, 3.63) is 91.0 Å². The highest BCUT2D eigenvalue weighted by molar-refractivity contribution is 6.92. The summed E-state index contributed by atoms with van der Waals surface area (Å²) in [5.74, 6) is 2.04. The van der Waals surface area contributed by atoms with Crippen molar-refractivity contribution in [3.63, 3.8) is 0 Å². The molecular weight excluding hydrogens is 306 g/mol. The summed E-state index contributed by atoms with van der Waals surface area (Å²) in [5.41, 5.74) is 0. The first-order chi connectivity index (χ1) is 10.9. The molecule has 3 rings (SSSR count). The second-order valence-electron chi connectivity index (χ2n) is 4.58. The normalized spacial score (nSPS) is 9.39. The Morgan fingerprint density at radius 2 is 0.696 bits per heavy atom. The zero-order valence-corrected chi connectivity index (χ0v) is 14.1. The lowest BCUT2D eigenvalue weighted by Gasteiger charge is -2.16. The highest BCUT2D eigenvalue weighted by Crippen LogP contribution is 2.17. The predicted octanol–water partition coefficient (Wildman–Crippen LogP) is 4.27. The molecule has 0 aromatic heterocycles. The van der Waals surface area contributed by atoms with Crippen LogP contribution in [0.4, 0.5) is 0 Å². The summed E-state index contributed by atoms with van der Waals surface area (Å²) in [4.78, 5) is 0. The van der Waals surface area contributed by atoms with Gasteiger partial charge in [0, 0.05) is 0 Å². The van der Waals surface area contributed by atoms with Crippen molar-refractivity contribution in [2.24, 2.45) is 0 Å². The van der Waals surface area contributed by atoms with Crippen molar-refractivity contribution in [1.82, 2.24) is 0 Å². The summed E-state index contributed by atoms with van der Waals surface area (Å²) >= 11 is 0. The van der Waals surface area contributed by atoms with Gasteiger partial charge in [0.2, 0.25) is 0 Å². The van der Waals surface area contributed by atoms with E-state index in [0.717, 1.165) is 0 Å². The molecule has 1 unspecified atom stereocenters. The third-order valence-corrected chi connectivity index (χ3v) is 2.93. The topological polar surface area (TPSA) is 27.7 Å². The minimum Gasteiger partial charge on any atom is -0.490 e. The first kappa shape index (κ1) is 16.9. The molecule has 3 nitrogen and oxygen atoms in total. The Morgan fingerprint density at radius 3 is 0.957 bits per heavy atom. The fourth-order valence-electron chi connectivity index (χ4n) is 1.90. The van der Waals surface area contributed by atoms with E-state index < -0.39 is 7.32 Å². The van der Waals surface area contributed by atoms with Crippen molar-refractivity contribution in [2.45, 2.75) is 0 Å². The molecule has 0 aliphatic rings. The van der Waals surface area contributed by atoms with E-state index in [9.17, 15) is 0 Å². The van der Waals surface area contributed by atoms with Crippen LogP contribution < -0.4 is 14.0 Å². The molecule has 23 heavy (non-hydrogen) atoms. The van der Waals surface area contributed by atoms with E-state index >= 15 is 0 Å². The molecular formula is C18H18BO3P. The molecule has 0 aliphatic heterocycles. The minimum atomic E-state index is -0.868. The zero-order chi connectivity index (χ0) is 15.0. The van der Waals surface area contributed by atoms with E-state index in [4.69, 9.17) is 14.0 Å². The van der Waals surface area contributed by atoms with Gasteiger partial charge in [0.15, 0.2) is 0 Å². The van der Waals surface area contributed by atoms with E-state index in [1.54, 1.807) is 0 Å². The quantitative estimate of drug-likeness (QED) is 0.501. The smallest absolute Gasteiger partial charge is 0.490 e. The van der Waals surface area contributed by atoms with Gasteiger partial charge in [-0.25, -0.2) is 0 Å². The second-order valence-corrected chi connectivity index (χ2v) is 4.58. The van der Waals surface area contributed by atoms with Gasteiger partial charge >= 0.3 is 7.32 Å². The molecule has 0 spiro atoms. The summed E-state index contributed by atoms with van der Waals surface area (Å²) in [6, 6.07) is 28.3. The molecule has 0 aliphatic carbocycles. The molecule has 0 radical (unpaired) electrons. The van der Waals surface area contributed by atoms with Crippen LogP contribution in [0.5, 0.6) is 17.2 Å². The Bertz CT molecular complexity index is 582. The monoisotopic (exact) mass is 324 g/mol. The standard InChI is InChI=1S/C18H15BO3.H3P/c1-4-10-16(11-5-1)20-19(21-17-12-6-2-7-13-17)22-18-14-8-3-9-15-18;/h1-15H;1H3. The molecule has 5 heteroatoms. The highest BCUT2D eigenvalue weighted by Gasteiger charge is 2.29. The lowest BCUT2D eigenvalue weighted by Crippen LogP contribution is -2.36. The minimum absolute atomic E-state index is 0. The molecule has 1 atom stereocenters. The highest BCUT2D eigenvalue weighted by atomic mass is 31.0. The Labute approximate surface area is 140 Å². The average molecular weight is 324 g/mol. The van der Waals surface area contributed by atoms with Gasteiger partial charge in [-0.1, -0.05) is 54.6 Å². The fraction of sp³-hybridized carbons (Fsp3) is 0. The predicted molar refractivity (Wildman–Crippen MR) is 98.1 cm³/mol. The largest absolute Gasteiger partial charge is 0.864 e. The van der Waals surface area contributed by atoms with Gasteiger partial charge in [0.1, 0.15) is 17.2 Å². The van der Waals surface area contributed by atoms with Crippen LogP contribution in [0.3, 0.4) is 0 Å². The van der Waals surface area contributed by atoms with Crippen molar-refractivity contribution >= 4 is 17.2 Å². The third kappa shape index (κ3) is 5.35. The number of benzene rings is 3. The Morgan fingerprint density at radius 1 is 0.435 bits per heavy atom. The van der Waals surface area contributed by atoms with E-state index in [0.29, 0.717) is 17.2 Å². The molecule has 0 amide bonds. The van der Waals surface area contributed by atoms with E-state index in [1.165, 1.54) is 0 Å². The first-order valence-corrected chi connectivity index (χ1v) is 7.05. The van der Waals surface area contributed by atoms with Crippen molar-refractivity contribution in [1.29, 1.82) is 0 Å². The van der Waals surface area contributed by atoms with Gasteiger partial charge in [0.25, 0.3) is 0 Å². The molecule has 3 aromatic carbocycles. The van der Waals surface area contributed by atoms with Crippen LogP contribution in [0.1, 0.15) is 0 Å². The van der Waals surface area contributed by atoms with Gasteiger partial charge in [-0.05, 0) is 36.4 Å². The van der Waals surface area contributed by atoms with Crippen molar-refractivity contribution < 1.29 is 14.0 Å². The van der Waals surface area contributed by atoms with E-state index in [2.05, 4.69) is 0 Å². The summed E-state index contributed by atoms with van der Waals surface area (Å²) in [5, 5.41) is 0. The van der Waals surface area contributed by atoms with Crippen molar-refractivity contribution in [2.75, 3.05) is 0 Å². The zero-order valence-electron chi connectivity index (χ0n) is 12.7. The maximum atomic E-state index is 5.78. The SMILES string of the molecule is P.c1ccc(OB(Oc2ccccc2)Oc2ccccc2)cc1. The van der Waals surface area contributed by atoms with Gasteiger partial charge in [-0.15, -0.1) is 0 Å². The molecule has 3 aromatic rings. The fourth-order valence-corrected chi connectivity index (χ4v) is 1.90. The molecule has 0 bridgehead atoms. The maximum absolute atomic E-state index is 5.78. The lowest BCUT2D eigenvalue weighted by atomic mass is 10.2. The Balaban J connectivity index is 0.00000192. The molecule has 0 N–H and O–H groups in total. The molecule has 0 saturated heterocycles. The molecule has 116 valence electrons. The number of para-hydroxylation sites is 3. The van der Waals surface area contributed by atoms with Crippen LogP contribution in [-0.2, 0) is 0 Å². The van der Waals surface area contributed by atoms with Crippen LogP contribution in [0.25, 0.3) is 0 Å². The summed E-state index contributed by atoms with van der Waals surface area (Å²) in [6.45, 7) is 0. The van der Waals surface area contributed by atoms with Crippen LogP contribution in [0.2, 0.25) is 0 Å². The van der Waals surface area contributed by atoms with E-state index in [-0.39, 0.29) is 9.90 Å². The van der Waals surface area contributed by atoms with Gasteiger partial charge < -0.3 is 14.0 Å². The number of hydrogen-bond acceptors (Lipinski definition) is 3. The van der Waals surface area contributed by atoms with E-state index in [1.807, 2.05) is 91.0 Å². The molecule has 0 heterocycles. The van der Waals surface area contributed by atoms with Gasteiger partial charge in [-0.2, -0.15) is 9.90 Å². The van der Waals surface area contributed by atoms with Crippen molar-refractivity contribution in [3.8, 4) is 17.2 Å². The van der Waals surface area contributed by atoms with Crippen LogP contribution in [0, 0.1) is 0 Å². The van der Waals surface area contributed by atoms with Crippen LogP contribution in [-0.4, -0.2) is 7.32 Å². The molecule has 0 saturated carbocycles. The maximum Gasteiger partial charge on any atom is 0.864 e. The Kier molecular flexibility index (Phi) is 6.52. The number of hydrogen-bond donors (Lipinski definition) is 0. The Hall–Kier alpha value is -2.45. The van der Waals surface area contributed by atoms with Crippen LogP contribution in [0.15, 0.2) is 91.0 Å². The van der Waals surface area contributed by atoms with Gasteiger partial charge in [-0.3, -0.25) is 0 Å². The summed E-state index contributed by atoms with van der Waals surface area (Å²) in [6.07, 6.45) is 0. The number of rotatable bonds is 6. The lowest BCUT2D eigenvalue weighted by molar-refractivity contribution is 0.307. The summed E-state index contributed by atoms with van der Waals surface area (Å²) < 4.78 is 17.3. The first-order valence-electron chi connectivity index (χ1n) is 7.05. The summed E-state index contributed by atoms with van der Waals surface area (Å²) in [7, 11) is -0.868.